The fourth-order valence-electron chi connectivity index (χ4n) is 2.56. The zero-order chi connectivity index (χ0) is 17.4. The molecule has 0 aromatic heterocycles. The maximum absolute atomic E-state index is 12.2. The molecular weight excluding hydrogens is 302 g/mol. The molecular formula is C20H23NO3. The summed E-state index contributed by atoms with van der Waals surface area (Å²) in [7, 11) is 0. The number of nitrogens with one attached hydrogen (secondary N) is 1. The van der Waals surface area contributed by atoms with Crippen LogP contribution >= 0.6 is 0 Å². The Kier molecular flexibility index (Phi) is 6.55. The van der Waals surface area contributed by atoms with Crippen LogP contribution in [0.2, 0.25) is 0 Å². The lowest BCUT2D eigenvalue weighted by molar-refractivity contribution is -0.123. The van der Waals surface area contributed by atoms with E-state index in [1.54, 1.807) is 24.3 Å². The van der Waals surface area contributed by atoms with Crippen molar-refractivity contribution in [2.24, 2.45) is 0 Å². The quantitative estimate of drug-likeness (QED) is 0.748. The third-order valence-corrected chi connectivity index (χ3v) is 3.74. The molecule has 1 N–H and O–H groups in total. The van der Waals surface area contributed by atoms with Crippen molar-refractivity contribution in [1.82, 2.24) is 5.32 Å². The second-order valence-corrected chi connectivity index (χ2v) is 5.66. The molecule has 4 nitrogen and oxygen atoms in total. The van der Waals surface area contributed by atoms with Crippen molar-refractivity contribution in [3.8, 4) is 5.75 Å². The predicted octanol–water partition coefficient (Wildman–Crippen LogP) is 3.93. The highest BCUT2D eigenvalue weighted by molar-refractivity contribution is 5.96. The Morgan fingerprint density at radius 1 is 1.04 bits per heavy atom. The molecule has 2 aromatic carbocycles. The van der Waals surface area contributed by atoms with E-state index >= 15 is 0 Å². The second kappa shape index (κ2) is 8.87. The van der Waals surface area contributed by atoms with E-state index in [0.717, 1.165) is 18.4 Å². The molecule has 0 saturated carbocycles. The number of para-hydroxylation sites is 1. The minimum absolute atomic E-state index is 0.0321. The topological polar surface area (TPSA) is 55.4 Å². The van der Waals surface area contributed by atoms with Crippen LogP contribution in [0.5, 0.6) is 5.75 Å². The first-order valence-electron chi connectivity index (χ1n) is 8.19. The van der Waals surface area contributed by atoms with Gasteiger partial charge in [-0.1, -0.05) is 55.8 Å². The van der Waals surface area contributed by atoms with E-state index in [1.165, 1.54) is 6.92 Å². The molecule has 0 saturated heterocycles. The van der Waals surface area contributed by atoms with Gasteiger partial charge in [0, 0.05) is 0 Å². The van der Waals surface area contributed by atoms with Gasteiger partial charge in [0.05, 0.1) is 11.6 Å². The van der Waals surface area contributed by atoms with Crippen LogP contribution in [0, 0.1) is 0 Å². The number of rotatable bonds is 8. The maximum atomic E-state index is 12.2. The van der Waals surface area contributed by atoms with Gasteiger partial charge in [-0.3, -0.25) is 9.59 Å². The lowest BCUT2D eigenvalue weighted by Gasteiger charge is -2.19. The Balaban J connectivity index is 1.98. The van der Waals surface area contributed by atoms with E-state index in [0.29, 0.717) is 11.3 Å². The number of hydrogen-bond donors (Lipinski definition) is 1. The fraction of sp³-hybridized carbons (Fsp3) is 0.300. The average Bonchev–Trinajstić information content (AvgIpc) is 2.60. The van der Waals surface area contributed by atoms with Gasteiger partial charge >= 0.3 is 0 Å². The summed E-state index contributed by atoms with van der Waals surface area (Å²) in [6.45, 7) is 3.45. The SMILES string of the molecule is CCC[C@H](NC(=O)COc1ccccc1C(C)=O)c1ccccc1. The lowest BCUT2D eigenvalue weighted by atomic mass is 10.0. The number of benzene rings is 2. The molecule has 126 valence electrons. The normalized spacial score (nSPS) is 11.6. The summed E-state index contributed by atoms with van der Waals surface area (Å²) in [6, 6.07) is 16.8. The first-order valence-corrected chi connectivity index (χ1v) is 8.19. The Bertz CT molecular complexity index is 682. The van der Waals surface area contributed by atoms with Crippen molar-refractivity contribution >= 4 is 11.7 Å². The number of Topliss-reactive ketones (excluding diaryl/α,β-unsaturated/α-hetero) is 1. The Morgan fingerprint density at radius 2 is 1.71 bits per heavy atom. The number of ketones is 1. The molecule has 0 fully saturated rings. The fourth-order valence-corrected chi connectivity index (χ4v) is 2.56. The van der Waals surface area contributed by atoms with Crippen molar-refractivity contribution < 1.29 is 14.3 Å². The largest absolute Gasteiger partial charge is 0.483 e. The van der Waals surface area contributed by atoms with E-state index in [4.69, 9.17) is 4.74 Å². The summed E-state index contributed by atoms with van der Waals surface area (Å²) < 4.78 is 5.54. The van der Waals surface area contributed by atoms with Crippen molar-refractivity contribution in [3.05, 3.63) is 65.7 Å². The summed E-state index contributed by atoms with van der Waals surface area (Å²) in [5.41, 5.74) is 1.57. The van der Waals surface area contributed by atoms with E-state index in [2.05, 4.69) is 12.2 Å². The van der Waals surface area contributed by atoms with Crippen LogP contribution in [0.1, 0.15) is 48.7 Å². The number of hydrogen-bond acceptors (Lipinski definition) is 3. The predicted molar refractivity (Wildman–Crippen MR) is 94.2 cm³/mol. The Labute approximate surface area is 142 Å². The van der Waals surface area contributed by atoms with Crippen molar-refractivity contribution in [2.45, 2.75) is 32.7 Å². The van der Waals surface area contributed by atoms with Gasteiger partial charge in [-0.25, -0.2) is 0 Å². The molecule has 24 heavy (non-hydrogen) atoms. The van der Waals surface area contributed by atoms with Gasteiger partial charge in [0.1, 0.15) is 5.75 Å². The van der Waals surface area contributed by atoms with Crippen LogP contribution in [0.15, 0.2) is 54.6 Å². The molecule has 0 spiro atoms. The average molecular weight is 325 g/mol. The molecule has 1 atom stereocenters. The van der Waals surface area contributed by atoms with Crippen LogP contribution in [-0.2, 0) is 4.79 Å². The number of carbonyl (C=O) groups is 2. The van der Waals surface area contributed by atoms with Crippen LogP contribution < -0.4 is 10.1 Å². The van der Waals surface area contributed by atoms with E-state index < -0.39 is 0 Å². The van der Waals surface area contributed by atoms with Crippen molar-refractivity contribution in [3.63, 3.8) is 0 Å². The number of carbonyl (C=O) groups excluding carboxylic acids is 2. The second-order valence-electron chi connectivity index (χ2n) is 5.66. The summed E-state index contributed by atoms with van der Waals surface area (Å²) in [6.07, 6.45) is 1.83. The van der Waals surface area contributed by atoms with Gasteiger partial charge < -0.3 is 10.1 Å². The van der Waals surface area contributed by atoms with Gasteiger partial charge in [0.25, 0.3) is 5.91 Å². The van der Waals surface area contributed by atoms with Gasteiger partial charge in [0.2, 0.25) is 0 Å². The van der Waals surface area contributed by atoms with Crippen LogP contribution in [0.3, 0.4) is 0 Å². The molecule has 2 aromatic rings. The highest BCUT2D eigenvalue weighted by atomic mass is 16.5. The highest BCUT2D eigenvalue weighted by Crippen LogP contribution is 2.20. The van der Waals surface area contributed by atoms with Gasteiger partial charge in [0.15, 0.2) is 12.4 Å². The van der Waals surface area contributed by atoms with Crippen LogP contribution in [0.25, 0.3) is 0 Å². The van der Waals surface area contributed by atoms with E-state index in [-0.39, 0.29) is 24.3 Å². The van der Waals surface area contributed by atoms with Gasteiger partial charge in [-0.05, 0) is 31.0 Å². The highest BCUT2D eigenvalue weighted by Gasteiger charge is 2.15. The Morgan fingerprint density at radius 3 is 2.38 bits per heavy atom. The third kappa shape index (κ3) is 4.95. The summed E-state index contributed by atoms with van der Waals surface area (Å²) in [5, 5.41) is 3.00. The lowest BCUT2D eigenvalue weighted by Crippen LogP contribution is -2.32. The molecule has 0 aliphatic rings. The molecule has 0 heterocycles. The summed E-state index contributed by atoms with van der Waals surface area (Å²) in [5.74, 6) is 0.154. The van der Waals surface area contributed by atoms with Crippen molar-refractivity contribution in [2.75, 3.05) is 6.61 Å². The molecule has 0 aliphatic carbocycles. The minimum Gasteiger partial charge on any atom is -0.483 e. The first-order chi connectivity index (χ1) is 11.6. The maximum Gasteiger partial charge on any atom is 0.258 e. The zero-order valence-electron chi connectivity index (χ0n) is 14.1. The van der Waals surface area contributed by atoms with Gasteiger partial charge in [-0.2, -0.15) is 0 Å². The molecule has 0 aliphatic heterocycles. The van der Waals surface area contributed by atoms with E-state index in [1.807, 2.05) is 30.3 Å². The smallest absolute Gasteiger partial charge is 0.258 e. The minimum atomic E-state index is -0.198. The standard InChI is InChI=1S/C20H23NO3/c1-3-9-18(16-10-5-4-6-11-16)21-20(23)14-24-19-13-8-7-12-17(19)15(2)22/h4-8,10-13,18H,3,9,14H2,1-2H3,(H,21,23)/t18-/m0/s1. The molecule has 0 bridgehead atoms. The Hall–Kier alpha value is -2.62. The molecule has 0 unspecified atom stereocenters. The molecule has 4 heteroatoms. The molecule has 2 rings (SSSR count). The first kappa shape index (κ1) is 17.7. The van der Waals surface area contributed by atoms with E-state index in [9.17, 15) is 9.59 Å². The van der Waals surface area contributed by atoms with Crippen molar-refractivity contribution in [1.29, 1.82) is 0 Å². The van der Waals surface area contributed by atoms with Crippen LogP contribution in [0.4, 0.5) is 0 Å². The van der Waals surface area contributed by atoms with Gasteiger partial charge in [-0.15, -0.1) is 0 Å². The monoisotopic (exact) mass is 325 g/mol. The zero-order valence-corrected chi connectivity index (χ0v) is 14.1. The molecule has 1 amide bonds. The summed E-state index contributed by atoms with van der Waals surface area (Å²) >= 11 is 0. The number of amides is 1. The summed E-state index contributed by atoms with van der Waals surface area (Å²) in [4.78, 5) is 23.8. The van der Waals surface area contributed by atoms with Crippen LogP contribution in [-0.4, -0.2) is 18.3 Å². The third-order valence-electron chi connectivity index (χ3n) is 3.74. The molecule has 0 radical (unpaired) electrons. The number of ether oxygens (including phenoxy) is 1.